The summed E-state index contributed by atoms with van der Waals surface area (Å²) in [6.07, 6.45) is 1.94. The Kier molecular flexibility index (Phi) is 5.70. The number of alkyl halides is 1. The van der Waals surface area contributed by atoms with Gasteiger partial charge in [0.25, 0.3) is 0 Å². The summed E-state index contributed by atoms with van der Waals surface area (Å²) in [5, 5.41) is 0. The highest BCUT2D eigenvalue weighted by atomic mass is 19.1. The minimum absolute atomic E-state index is 0.321. The first-order valence-corrected chi connectivity index (χ1v) is 6.20. The summed E-state index contributed by atoms with van der Waals surface area (Å²) in [7, 11) is 0. The van der Waals surface area contributed by atoms with Gasteiger partial charge >= 0.3 is 0 Å². The predicted molar refractivity (Wildman–Crippen MR) is 76.4 cm³/mol. The summed E-state index contributed by atoms with van der Waals surface area (Å²) < 4.78 is 26.2. The van der Waals surface area contributed by atoms with Crippen LogP contribution in [0, 0.1) is 12.7 Å². The highest BCUT2D eigenvalue weighted by molar-refractivity contribution is 5.59. The van der Waals surface area contributed by atoms with Gasteiger partial charge < -0.3 is 10.6 Å². The Labute approximate surface area is 113 Å². The van der Waals surface area contributed by atoms with Gasteiger partial charge in [0.05, 0.1) is 0 Å². The molecule has 0 saturated heterocycles. The van der Waals surface area contributed by atoms with Gasteiger partial charge in [-0.15, -0.1) is 0 Å². The van der Waals surface area contributed by atoms with Gasteiger partial charge in [0.2, 0.25) is 0 Å². The van der Waals surface area contributed by atoms with E-state index in [4.69, 9.17) is 5.73 Å². The number of hydrogen-bond acceptors (Lipinski definition) is 2. The van der Waals surface area contributed by atoms with E-state index in [9.17, 15) is 8.78 Å². The van der Waals surface area contributed by atoms with Gasteiger partial charge in [-0.25, -0.2) is 8.78 Å². The zero-order chi connectivity index (χ0) is 14.4. The molecule has 0 aromatic heterocycles. The monoisotopic (exact) mass is 266 g/mol. The number of allylic oxidation sites excluding steroid dienone is 2. The van der Waals surface area contributed by atoms with Crippen LogP contribution in [0.4, 0.5) is 14.5 Å². The molecule has 0 heterocycles. The molecule has 1 aromatic rings. The van der Waals surface area contributed by atoms with E-state index in [2.05, 4.69) is 6.58 Å². The first-order valence-electron chi connectivity index (χ1n) is 6.20. The van der Waals surface area contributed by atoms with E-state index in [-0.39, 0.29) is 5.82 Å². The van der Waals surface area contributed by atoms with E-state index in [0.29, 0.717) is 24.5 Å². The number of nitrogens with zero attached hydrogens (tertiary/aromatic N) is 1. The van der Waals surface area contributed by atoms with Gasteiger partial charge in [-0.05, 0) is 43.7 Å². The quantitative estimate of drug-likeness (QED) is 0.800. The largest absolute Gasteiger partial charge is 0.340 e. The van der Waals surface area contributed by atoms with E-state index in [1.807, 2.05) is 6.92 Å². The summed E-state index contributed by atoms with van der Waals surface area (Å²) in [5.74, 6) is -0.321. The van der Waals surface area contributed by atoms with E-state index < -0.39 is 6.17 Å². The number of nitrogens with two attached hydrogens (primary N) is 1. The van der Waals surface area contributed by atoms with Crippen LogP contribution in [-0.2, 0) is 0 Å². The van der Waals surface area contributed by atoms with Crippen molar-refractivity contribution in [1.82, 2.24) is 0 Å². The third-order valence-corrected chi connectivity index (χ3v) is 2.72. The fourth-order valence-electron chi connectivity index (χ4n) is 1.75. The fourth-order valence-corrected chi connectivity index (χ4v) is 1.75. The molecule has 0 radical (unpaired) electrons. The molecule has 2 N–H and O–H groups in total. The number of hydrogen-bond donors (Lipinski definition) is 1. The van der Waals surface area contributed by atoms with Gasteiger partial charge in [-0.2, -0.15) is 0 Å². The molecular formula is C15H20F2N2. The Hall–Kier alpha value is -1.68. The SMILES string of the molecule is C=C(/C=C\C(C)F)N(CCN)c1cc(F)ccc1C. The molecule has 2 nitrogen and oxygen atoms in total. The van der Waals surface area contributed by atoms with Crippen molar-refractivity contribution >= 4 is 5.69 Å². The second kappa shape index (κ2) is 7.04. The van der Waals surface area contributed by atoms with Crippen LogP contribution < -0.4 is 10.6 Å². The number of rotatable bonds is 6. The Bertz CT molecular complexity index is 467. The third-order valence-electron chi connectivity index (χ3n) is 2.72. The smallest absolute Gasteiger partial charge is 0.125 e. The molecule has 0 aliphatic rings. The summed E-state index contributed by atoms with van der Waals surface area (Å²) >= 11 is 0. The summed E-state index contributed by atoms with van der Waals surface area (Å²) in [6, 6.07) is 4.54. The van der Waals surface area contributed by atoms with Crippen molar-refractivity contribution in [3.8, 4) is 0 Å². The molecular weight excluding hydrogens is 246 g/mol. The minimum Gasteiger partial charge on any atom is -0.340 e. The zero-order valence-corrected chi connectivity index (χ0v) is 11.4. The van der Waals surface area contributed by atoms with Gasteiger partial charge in [0.1, 0.15) is 12.0 Å². The van der Waals surface area contributed by atoms with Crippen molar-refractivity contribution in [2.24, 2.45) is 5.73 Å². The lowest BCUT2D eigenvalue weighted by Gasteiger charge is -2.26. The van der Waals surface area contributed by atoms with Crippen LogP contribution in [0.5, 0.6) is 0 Å². The molecule has 4 heteroatoms. The van der Waals surface area contributed by atoms with Gasteiger partial charge in [0, 0.05) is 24.5 Å². The number of halogens is 2. The van der Waals surface area contributed by atoms with Crippen LogP contribution in [0.25, 0.3) is 0 Å². The minimum atomic E-state index is -1.05. The average molecular weight is 266 g/mol. The normalized spacial score (nSPS) is 12.7. The maximum absolute atomic E-state index is 13.4. The molecule has 104 valence electrons. The molecule has 1 atom stereocenters. The van der Waals surface area contributed by atoms with Gasteiger partial charge in [-0.3, -0.25) is 0 Å². The average Bonchev–Trinajstić information content (AvgIpc) is 2.36. The highest BCUT2D eigenvalue weighted by Crippen LogP contribution is 2.24. The maximum atomic E-state index is 13.4. The van der Waals surface area contributed by atoms with Crippen LogP contribution in [-0.4, -0.2) is 19.3 Å². The molecule has 0 spiro atoms. The fraction of sp³-hybridized carbons (Fsp3) is 0.333. The summed E-state index contributed by atoms with van der Waals surface area (Å²) in [6.45, 7) is 8.10. The second-order valence-electron chi connectivity index (χ2n) is 4.40. The molecule has 0 saturated carbocycles. The van der Waals surface area contributed by atoms with Crippen molar-refractivity contribution < 1.29 is 8.78 Å². The third kappa shape index (κ3) is 4.48. The van der Waals surface area contributed by atoms with E-state index >= 15 is 0 Å². The first-order chi connectivity index (χ1) is 8.95. The van der Waals surface area contributed by atoms with Crippen molar-refractivity contribution in [2.75, 3.05) is 18.0 Å². The molecule has 0 bridgehead atoms. The Morgan fingerprint density at radius 1 is 1.53 bits per heavy atom. The van der Waals surface area contributed by atoms with Crippen molar-refractivity contribution in [2.45, 2.75) is 20.0 Å². The summed E-state index contributed by atoms with van der Waals surface area (Å²) in [5.41, 5.74) is 7.78. The lowest BCUT2D eigenvalue weighted by molar-refractivity contribution is 0.430. The topological polar surface area (TPSA) is 29.3 Å². The number of anilines is 1. The Balaban J connectivity index is 3.06. The zero-order valence-electron chi connectivity index (χ0n) is 11.4. The van der Waals surface area contributed by atoms with Crippen LogP contribution in [0.3, 0.4) is 0 Å². The molecule has 0 amide bonds. The van der Waals surface area contributed by atoms with Gasteiger partial charge in [-0.1, -0.05) is 12.6 Å². The number of benzene rings is 1. The van der Waals surface area contributed by atoms with Gasteiger partial charge in [0.15, 0.2) is 0 Å². The first kappa shape index (κ1) is 15.4. The molecule has 1 rings (SSSR count). The molecule has 1 unspecified atom stereocenters. The Morgan fingerprint density at radius 3 is 2.79 bits per heavy atom. The van der Waals surface area contributed by atoms with Crippen LogP contribution in [0.15, 0.2) is 42.6 Å². The van der Waals surface area contributed by atoms with E-state index in [0.717, 1.165) is 5.56 Å². The number of aryl methyl sites for hydroxylation is 1. The van der Waals surface area contributed by atoms with E-state index in [1.165, 1.54) is 25.1 Å². The van der Waals surface area contributed by atoms with Crippen LogP contribution >= 0.6 is 0 Å². The van der Waals surface area contributed by atoms with Crippen LogP contribution in [0.2, 0.25) is 0 Å². The lowest BCUT2D eigenvalue weighted by atomic mass is 10.1. The molecule has 1 aromatic carbocycles. The Morgan fingerprint density at radius 2 is 2.21 bits per heavy atom. The second-order valence-corrected chi connectivity index (χ2v) is 4.40. The van der Waals surface area contributed by atoms with Crippen molar-refractivity contribution in [3.05, 3.63) is 54.0 Å². The maximum Gasteiger partial charge on any atom is 0.125 e. The molecule has 0 aliphatic heterocycles. The summed E-state index contributed by atoms with van der Waals surface area (Å²) in [4.78, 5) is 1.79. The predicted octanol–water partition coefficient (Wildman–Crippen LogP) is 3.33. The lowest BCUT2D eigenvalue weighted by Crippen LogP contribution is -2.28. The van der Waals surface area contributed by atoms with Crippen molar-refractivity contribution in [3.63, 3.8) is 0 Å². The van der Waals surface area contributed by atoms with E-state index in [1.54, 1.807) is 17.0 Å². The molecule has 19 heavy (non-hydrogen) atoms. The highest BCUT2D eigenvalue weighted by Gasteiger charge is 2.11. The van der Waals surface area contributed by atoms with Crippen LogP contribution in [0.1, 0.15) is 12.5 Å². The standard InChI is InChI=1S/C15H20F2N2/c1-11-4-7-14(17)10-15(11)19(9-8-18)13(3)6-5-12(2)16/h4-7,10,12H,3,8-9,18H2,1-2H3/b6-5-. The van der Waals surface area contributed by atoms with Crippen molar-refractivity contribution in [1.29, 1.82) is 0 Å². The molecule has 0 aliphatic carbocycles. The molecule has 0 fully saturated rings.